The molecule has 100 valence electrons. The lowest BCUT2D eigenvalue weighted by Crippen LogP contribution is -2.39. The van der Waals surface area contributed by atoms with Crippen LogP contribution in [0.4, 0.5) is 0 Å². The number of hydrogen-bond donors (Lipinski definition) is 2. The summed E-state index contributed by atoms with van der Waals surface area (Å²) in [6.07, 6.45) is 0. The Labute approximate surface area is 111 Å². The van der Waals surface area contributed by atoms with E-state index in [1.54, 1.807) is 0 Å². The van der Waals surface area contributed by atoms with Gasteiger partial charge in [-0.1, -0.05) is 44.2 Å². The number of guanidine groups is 1. The molecule has 1 rings (SSSR count). The van der Waals surface area contributed by atoms with Gasteiger partial charge >= 0.3 is 0 Å². The molecule has 0 saturated carbocycles. The van der Waals surface area contributed by atoms with Gasteiger partial charge in [0.2, 0.25) is 0 Å². The van der Waals surface area contributed by atoms with Gasteiger partial charge in [0.1, 0.15) is 0 Å². The monoisotopic (exact) mass is 247 g/mol. The Hall–Kier alpha value is -1.51. The molecule has 1 aromatic carbocycles. The van der Waals surface area contributed by atoms with Crippen molar-refractivity contribution in [3.8, 4) is 0 Å². The quantitative estimate of drug-likeness (QED) is 0.620. The third-order valence-corrected chi connectivity index (χ3v) is 2.61. The van der Waals surface area contributed by atoms with Crippen molar-refractivity contribution in [3.05, 3.63) is 35.9 Å². The molecule has 0 aliphatic carbocycles. The van der Waals surface area contributed by atoms with E-state index in [0.29, 0.717) is 5.92 Å². The molecule has 0 bridgehead atoms. The van der Waals surface area contributed by atoms with Gasteiger partial charge in [0.25, 0.3) is 0 Å². The highest BCUT2D eigenvalue weighted by Crippen LogP contribution is 2.10. The lowest BCUT2D eigenvalue weighted by molar-refractivity contribution is 0.642. The van der Waals surface area contributed by atoms with Crippen LogP contribution in [0.1, 0.15) is 39.3 Å². The van der Waals surface area contributed by atoms with Crippen LogP contribution in [0, 0.1) is 5.92 Å². The zero-order valence-electron chi connectivity index (χ0n) is 11.9. The van der Waals surface area contributed by atoms with Crippen LogP contribution >= 0.6 is 0 Å². The van der Waals surface area contributed by atoms with Gasteiger partial charge in [0.05, 0.1) is 6.04 Å². The number of benzene rings is 1. The molecule has 3 heteroatoms. The van der Waals surface area contributed by atoms with Crippen molar-refractivity contribution in [2.45, 2.75) is 33.7 Å². The van der Waals surface area contributed by atoms with Crippen molar-refractivity contribution < 1.29 is 0 Å². The second kappa shape index (κ2) is 7.75. The Morgan fingerprint density at radius 2 is 1.83 bits per heavy atom. The van der Waals surface area contributed by atoms with Gasteiger partial charge in [-0.25, -0.2) is 0 Å². The van der Waals surface area contributed by atoms with Gasteiger partial charge in [0, 0.05) is 13.1 Å². The van der Waals surface area contributed by atoms with E-state index in [-0.39, 0.29) is 6.04 Å². The molecule has 0 aliphatic heterocycles. The van der Waals surface area contributed by atoms with E-state index < -0.39 is 0 Å². The van der Waals surface area contributed by atoms with E-state index >= 15 is 0 Å². The molecule has 1 aromatic rings. The van der Waals surface area contributed by atoms with Crippen LogP contribution in [0.15, 0.2) is 35.3 Å². The van der Waals surface area contributed by atoms with E-state index in [0.717, 1.165) is 19.0 Å². The van der Waals surface area contributed by atoms with Crippen LogP contribution in [-0.4, -0.2) is 19.0 Å². The summed E-state index contributed by atoms with van der Waals surface area (Å²) in [5.41, 5.74) is 1.27. The lowest BCUT2D eigenvalue weighted by atomic mass is 10.1. The van der Waals surface area contributed by atoms with E-state index in [2.05, 4.69) is 67.6 Å². The van der Waals surface area contributed by atoms with Gasteiger partial charge in [-0.2, -0.15) is 0 Å². The minimum Gasteiger partial charge on any atom is -0.357 e. The molecule has 0 amide bonds. The maximum absolute atomic E-state index is 4.57. The van der Waals surface area contributed by atoms with Crippen molar-refractivity contribution in [1.82, 2.24) is 10.6 Å². The van der Waals surface area contributed by atoms with Gasteiger partial charge in [-0.15, -0.1) is 0 Å². The topological polar surface area (TPSA) is 36.4 Å². The number of rotatable bonds is 5. The molecule has 2 N–H and O–H groups in total. The summed E-state index contributed by atoms with van der Waals surface area (Å²) < 4.78 is 0. The van der Waals surface area contributed by atoms with Crippen LogP contribution in [0.3, 0.4) is 0 Å². The van der Waals surface area contributed by atoms with Crippen molar-refractivity contribution in [3.63, 3.8) is 0 Å². The third-order valence-electron chi connectivity index (χ3n) is 2.61. The molecule has 0 aromatic heterocycles. The highest BCUT2D eigenvalue weighted by atomic mass is 15.2. The van der Waals surface area contributed by atoms with Crippen molar-refractivity contribution in [1.29, 1.82) is 0 Å². The molecule has 0 aliphatic rings. The van der Waals surface area contributed by atoms with Crippen molar-refractivity contribution in [2.75, 3.05) is 13.1 Å². The normalized spacial score (nSPS) is 13.5. The molecule has 18 heavy (non-hydrogen) atoms. The first-order chi connectivity index (χ1) is 8.63. The summed E-state index contributed by atoms with van der Waals surface area (Å²) in [6, 6.07) is 10.7. The van der Waals surface area contributed by atoms with Crippen LogP contribution in [0.2, 0.25) is 0 Å². The number of nitrogens with one attached hydrogen (secondary N) is 2. The van der Waals surface area contributed by atoms with Gasteiger partial charge in [-0.05, 0) is 25.3 Å². The fourth-order valence-electron chi connectivity index (χ4n) is 1.62. The smallest absolute Gasteiger partial charge is 0.191 e. The van der Waals surface area contributed by atoms with Crippen LogP contribution in [0.25, 0.3) is 0 Å². The van der Waals surface area contributed by atoms with Gasteiger partial charge in [-0.3, -0.25) is 4.99 Å². The maximum atomic E-state index is 4.57. The molecule has 0 fully saturated rings. The average molecular weight is 247 g/mol. The first kappa shape index (κ1) is 14.6. The predicted octanol–water partition coefficient (Wildman–Crippen LogP) is 2.96. The summed E-state index contributed by atoms with van der Waals surface area (Å²) >= 11 is 0. The van der Waals surface area contributed by atoms with Crippen LogP contribution < -0.4 is 10.6 Å². The Bertz CT molecular complexity index is 357. The second-order valence-corrected chi connectivity index (χ2v) is 4.89. The Morgan fingerprint density at radius 1 is 1.17 bits per heavy atom. The SMILES string of the molecule is CCNC(=NCC(C)C)NC(C)c1ccccc1. The van der Waals surface area contributed by atoms with E-state index in [1.807, 2.05) is 6.07 Å². The molecule has 1 unspecified atom stereocenters. The molecule has 3 nitrogen and oxygen atoms in total. The minimum absolute atomic E-state index is 0.260. The zero-order chi connectivity index (χ0) is 13.4. The minimum atomic E-state index is 0.260. The van der Waals surface area contributed by atoms with Crippen LogP contribution in [-0.2, 0) is 0 Å². The van der Waals surface area contributed by atoms with E-state index in [4.69, 9.17) is 0 Å². The summed E-state index contributed by atoms with van der Waals surface area (Å²) in [4.78, 5) is 4.57. The number of hydrogen-bond acceptors (Lipinski definition) is 1. The Kier molecular flexibility index (Phi) is 6.26. The standard InChI is InChI=1S/C15H25N3/c1-5-16-15(17-11-12(2)3)18-13(4)14-9-7-6-8-10-14/h6-10,12-13H,5,11H2,1-4H3,(H2,16,17,18). The maximum Gasteiger partial charge on any atom is 0.191 e. The highest BCUT2D eigenvalue weighted by Gasteiger charge is 2.06. The molecule has 1 atom stereocenters. The Morgan fingerprint density at radius 3 is 2.39 bits per heavy atom. The van der Waals surface area contributed by atoms with Crippen molar-refractivity contribution >= 4 is 5.96 Å². The zero-order valence-corrected chi connectivity index (χ0v) is 11.9. The molecular formula is C15H25N3. The fraction of sp³-hybridized carbons (Fsp3) is 0.533. The Balaban J connectivity index is 2.63. The molecule has 0 radical (unpaired) electrons. The summed E-state index contributed by atoms with van der Waals surface area (Å²) in [5, 5.41) is 6.71. The second-order valence-electron chi connectivity index (χ2n) is 4.89. The van der Waals surface area contributed by atoms with Gasteiger partial charge in [0.15, 0.2) is 5.96 Å². The first-order valence-corrected chi connectivity index (χ1v) is 6.73. The molecular weight excluding hydrogens is 222 g/mol. The lowest BCUT2D eigenvalue weighted by Gasteiger charge is -2.18. The summed E-state index contributed by atoms with van der Waals surface area (Å²) in [6.45, 7) is 10.3. The van der Waals surface area contributed by atoms with E-state index in [1.165, 1.54) is 5.56 Å². The molecule has 0 heterocycles. The predicted molar refractivity (Wildman–Crippen MR) is 78.8 cm³/mol. The highest BCUT2D eigenvalue weighted by molar-refractivity contribution is 5.80. The van der Waals surface area contributed by atoms with Gasteiger partial charge < -0.3 is 10.6 Å². The largest absolute Gasteiger partial charge is 0.357 e. The summed E-state index contributed by atoms with van der Waals surface area (Å²) in [5.74, 6) is 1.47. The average Bonchev–Trinajstić information content (AvgIpc) is 2.37. The van der Waals surface area contributed by atoms with Crippen LogP contribution in [0.5, 0.6) is 0 Å². The van der Waals surface area contributed by atoms with E-state index in [9.17, 15) is 0 Å². The molecule has 0 spiro atoms. The fourth-order valence-corrected chi connectivity index (χ4v) is 1.62. The van der Waals surface area contributed by atoms with Crippen molar-refractivity contribution in [2.24, 2.45) is 10.9 Å². The molecule has 0 saturated heterocycles. The third kappa shape index (κ3) is 5.21. The number of aliphatic imine (C=N–C) groups is 1. The first-order valence-electron chi connectivity index (χ1n) is 6.73. The summed E-state index contributed by atoms with van der Waals surface area (Å²) in [7, 11) is 0. The number of nitrogens with zero attached hydrogens (tertiary/aromatic N) is 1.